The number of hydrogen-bond acceptors (Lipinski definition) is 8. The van der Waals surface area contributed by atoms with Crippen molar-refractivity contribution in [2.24, 2.45) is 0 Å². The van der Waals surface area contributed by atoms with Crippen molar-refractivity contribution in [3.8, 4) is 11.8 Å². The number of benzene rings is 1. The first kappa shape index (κ1) is 19.1. The molecule has 31 heavy (non-hydrogen) atoms. The van der Waals surface area contributed by atoms with Gasteiger partial charge in [0.05, 0.1) is 29.8 Å². The average Bonchev–Trinajstić information content (AvgIpc) is 3.49. The lowest BCUT2D eigenvalue weighted by Crippen LogP contribution is -2.34. The molecule has 2 saturated heterocycles. The summed E-state index contributed by atoms with van der Waals surface area (Å²) in [6.45, 7) is 0.855. The van der Waals surface area contributed by atoms with Gasteiger partial charge in [-0.25, -0.2) is 9.37 Å². The molecule has 5 atom stereocenters. The number of anilines is 1. The molecule has 2 aromatic heterocycles. The third-order valence-electron chi connectivity index (χ3n) is 5.72. The zero-order chi connectivity index (χ0) is 21.1. The van der Waals surface area contributed by atoms with Crippen LogP contribution in [0.1, 0.15) is 11.6 Å². The van der Waals surface area contributed by atoms with E-state index in [9.17, 15) is 9.50 Å². The second kappa shape index (κ2) is 7.20. The topological polar surface area (TPSA) is 111 Å². The second-order valence-corrected chi connectivity index (χ2v) is 8.15. The zero-order valence-electron chi connectivity index (χ0n) is 16.0. The Hall–Kier alpha value is -2.66. The highest BCUT2D eigenvalue weighted by Crippen LogP contribution is 2.37. The fraction of sp³-hybridized carbons (Fsp3) is 0.400. The zero-order valence-corrected chi connectivity index (χ0v) is 16.8. The van der Waals surface area contributed by atoms with Crippen molar-refractivity contribution in [3.05, 3.63) is 40.7 Å². The molecule has 0 aliphatic carbocycles. The van der Waals surface area contributed by atoms with Gasteiger partial charge in [-0.2, -0.15) is 4.98 Å². The van der Waals surface area contributed by atoms with E-state index in [4.69, 9.17) is 30.5 Å². The first-order valence-electron chi connectivity index (χ1n) is 9.88. The van der Waals surface area contributed by atoms with Gasteiger partial charge in [-0.3, -0.25) is 0 Å². The van der Waals surface area contributed by atoms with Gasteiger partial charge in [-0.05, 0) is 12.1 Å². The first-order valence-corrected chi connectivity index (χ1v) is 10.3. The van der Waals surface area contributed by atoms with Crippen LogP contribution in [-0.2, 0) is 9.47 Å². The van der Waals surface area contributed by atoms with E-state index in [0.29, 0.717) is 41.0 Å². The summed E-state index contributed by atoms with van der Waals surface area (Å²) in [4.78, 5) is 12.0. The summed E-state index contributed by atoms with van der Waals surface area (Å²) in [6.07, 6.45) is -1.76. The van der Waals surface area contributed by atoms with Gasteiger partial charge in [-0.15, -0.1) is 0 Å². The minimum atomic E-state index is -0.649. The largest absolute Gasteiger partial charge is 0.491 e. The molecule has 162 valence electrons. The van der Waals surface area contributed by atoms with Crippen molar-refractivity contribution in [1.29, 1.82) is 0 Å². The number of aromatic nitrogens is 3. The maximum Gasteiger partial charge on any atom is 0.296 e. The Morgan fingerprint density at radius 1 is 1.16 bits per heavy atom. The Labute approximate surface area is 180 Å². The van der Waals surface area contributed by atoms with E-state index in [-0.39, 0.29) is 42.8 Å². The van der Waals surface area contributed by atoms with Crippen molar-refractivity contribution in [1.82, 2.24) is 15.0 Å². The summed E-state index contributed by atoms with van der Waals surface area (Å²) >= 11 is 6.42. The van der Waals surface area contributed by atoms with Crippen LogP contribution in [0.3, 0.4) is 0 Å². The number of imidazole rings is 1. The molecule has 0 spiro atoms. The smallest absolute Gasteiger partial charge is 0.296 e. The summed E-state index contributed by atoms with van der Waals surface area (Å²) in [5, 5.41) is 13.5. The van der Waals surface area contributed by atoms with Crippen LogP contribution in [0.4, 0.5) is 10.2 Å². The number of aliphatic hydroxyl groups excluding tert-OH is 1. The van der Waals surface area contributed by atoms with Crippen LogP contribution < -0.4 is 14.8 Å². The maximum atomic E-state index is 13.4. The number of H-pyrrole nitrogens is 1. The standard InChI is InChI=1S/C20H18ClFN4O5/c21-10-4-11-19(25-18(10)23-12-5-28-14-3-8(22)1-2-9(12)14)26-20(24-11)31-15-7-30-16-13(27)6-29-17(15)16/h1-4,12-13,15-17,27H,5-7H2,(H2,23,24,25,26)/t12?,13-,15-,16?,17-/m1/s1. The van der Waals surface area contributed by atoms with Crippen molar-refractivity contribution in [2.75, 3.05) is 25.1 Å². The molecule has 2 unspecified atom stereocenters. The third-order valence-corrected chi connectivity index (χ3v) is 6.01. The number of nitrogens with one attached hydrogen (secondary N) is 2. The lowest BCUT2D eigenvalue weighted by atomic mass is 10.1. The molecule has 3 aromatic rings. The Morgan fingerprint density at radius 2 is 2.03 bits per heavy atom. The number of fused-ring (bicyclic) bond motifs is 3. The summed E-state index contributed by atoms with van der Waals surface area (Å²) in [5.41, 5.74) is 1.86. The SMILES string of the molecule is O[C@@H]1CO[C@H]2C1OC[C@H]2Oc1nc2nc(NC3COc4cc(F)ccc43)c(Cl)cc2[nH]1. The van der Waals surface area contributed by atoms with Crippen molar-refractivity contribution >= 4 is 28.6 Å². The Morgan fingerprint density at radius 3 is 2.94 bits per heavy atom. The quantitative estimate of drug-likeness (QED) is 0.557. The summed E-state index contributed by atoms with van der Waals surface area (Å²) < 4.78 is 36.0. The lowest BCUT2D eigenvalue weighted by Gasteiger charge is -2.15. The molecule has 2 fully saturated rings. The highest BCUT2D eigenvalue weighted by molar-refractivity contribution is 6.33. The molecule has 3 aliphatic heterocycles. The van der Waals surface area contributed by atoms with E-state index in [1.807, 2.05) is 0 Å². The van der Waals surface area contributed by atoms with Crippen molar-refractivity contribution < 1.29 is 28.4 Å². The molecule has 3 N–H and O–H groups in total. The minimum absolute atomic E-state index is 0.216. The third kappa shape index (κ3) is 3.26. The summed E-state index contributed by atoms with van der Waals surface area (Å²) in [5.74, 6) is 0.587. The predicted molar refractivity (Wildman–Crippen MR) is 107 cm³/mol. The number of ether oxygens (including phenoxy) is 4. The number of aromatic amines is 1. The average molecular weight is 449 g/mol. The van der Waals surface area contributed by atoms with E-state index in [0.717, 1.165) is 5.56 Å². The molecule has 5 heterocycles. The highest BCUT2D eigenvalue weighted by atomic mass is 35.5. The molecule has 11 heteroatoms. The number of rotatable bonds is 4. The van der Waals surface area contributed by atoms with Crippen LogP contribution in [0.5, 0.6) is 11.8 Å². The fourth-order valence-electron chi connectivity index (χ4n) is 4.21. The molecule has 9 nitrogen and oxygen atoms in total. The summed E-state index contributed by atoms with van der Waals surface area (Å²) in [7, 11) is 0. The van der Waals surface area contributed by atoms with Crippen molar-refractivity contribution in [3.63, 3.8) is 0 Å². The van der Waals surface area contributed by atoms with Gasteiger partial charge in [0.15, 0.2) is 11.8 Å². The predicted octanol–water partition coefficient (Wildman–Crippen LogP) is 2.20. The lowest BCUT2D eigenvalue weighted by molar-refractivity contribution is 0.00706. The molecule has 0 radical (unpaired) electrons. The van der Waals surface area contributed by atoms with E-state index in [2.05, 4.69) is 20.3 Å². The normalized spacial score (nSPS) is 29.1. The molecule has 0 bridgehead atoms. The second-order valence-electron chi connectivity index (χ2n) is 7.74. The van der Waals surface area contributed by atoms with Gasteiger partial charge >= 0.3 is 0 Å². The molecule has 6 rings (SSSR count). The number of aliphatic hydroxyl groups is 1. The monoisotopic (exact) mass is 448 g/mol. The van der Waals surface area contributed by atoms with Gasteiger partial charge < -0.3 is 34.4 Å². The van der Waals surface area contributed by atoms with Gasteiger partial charge in [-0.1, -0.05) is 17.7 Å². The fourth-order valence-corrected chi connectivity index (χ4v) is 4.42. The van der Waals surface area contributed by atoms with Crippen LogP contribution in [0, 0.1) is 5.82 Å². The molecule has 0 saturated carbocycles. The van der Waals surface area contributed by atoms with Crippen LogP contribution in [0.15, 0.2) is 24.3 Å². The van der Waals surface area contributed by atoms with E-state index < -0.39 is 6.10 Å². The van der Waals surface area contributed by atoms with Crippen LogP contribution in [0.2, 0.25) is 5.02 Å². The molecule has 1 aromatic carbocycles. The van der Waals surface area contributed by atoms with Crippen LogP contribution in [-0.4, -0.2) is 64.3 Å². The van der Waals surface area contributed by atoms with E-state index in [1.54, 1.807) is 12.1 Å². The number of hydrogen-bond donors (Lipinski definition) is 3. The van der Waals surface area contributed by atoms with Gasteiger partial charge in [0, 0.05) is 11.6 Å². The first-order chi connectivity index (χ1) is 15.0. The number of nitrogens with zero attached hydrogens (tertiary/aromatic N) is 2. The highest BCUT2D eigenvalue weighted by Gasteiger charge is 2.48. The number of pyridine rings is 1. The maximum absolute atomic E-state index is 13.4. The van der Waals surface area contributed by atoms with Crippen LogP contribution in [0.25, 0.3) is 11.2 Å². The van der Waals surface area contributed by atoms with Gasteiger partial charge in [0.25, 0.3) is 6.01 Å². The van der Waals surface area contributed by atoms with Gasteiger partial charge in [0.2, 0.25) is 0 Å². The Kier molecular flexibility index (Phi) is 4.42. The molecular weight excluding hydrogens is 431 g/mol. The Balaban J connectivity index is 1.22. The van der Waals surface area contributed by atoms with E-state index >= 15 is 0 Å². The molecular formula is C20H18ClFN4O5. The minimum Gasteiger partial charge on any atom is -0.491 e. The van der Waals surface area contributed by atoms with E-state index in [1.165, 1.54) is 12.1 Å². The van der Waals surface area contributed by atoms with Crippen LogP contribution >= 0.6 is 11.6 Å². The number of halogens is 2. The van der Waals surface area contributed by atoms with Crippen molar-refractivity contribution in [2.45, 2.75) is 30.5 Å². The molecule has 0 amide bonds. The molecule has 3 aliphatic rings. The summed E-state index contributed by atoms with van der Waals surface area (Å²) in [6, 6.07) is 6.18. The van der Waals surface area contributed by atoms with Gasteiger partial charge in [0.1, 0.15) is 42.3 Å². The Bertz CT molecular complexity index is 1160.